The minimum atomic E-state index is -0.381. The summed E-state index contributed by atoms with van der Waals surface area (Å²) < 4.78 is 4.59. The van der Waals surface area contributed by atoms with Gasteiger partial charge in [-0.05, 0) is 6.42 Å². The Hall–Kier alpha value is -1.09. The van der Waals surface area contributed by atoms with Crippen LogP contribution in [0, 0.1) is 0 Å². The van der Waals surface area contributed by atoms with E-state index in [0.717, 1.165) is 0 Å². The van der Waals surface area contributed by atoms with Crippen LogP contribution in [-0.2, 0) is 14.3 Å². The van der Waals surface area contributed by atoms with E-state index in [9.17, 15) is 14.4 Å². The molecule has 0 heterocycles. The molecule has 0 unspecified atom stereocenters. The van der Waals surface area contributed by atoms with Crippen molar-refractivity contribution < 1.29 is 19.1 Å². The molecular formula is C14H27N3O4S2. The first-order chi connectivity index (χ1) is 10.8. The second kappa shape index (κ2) is 12.3. The quantitative estimate of drug-likeness (QED) is 0.335. The molecule has 0 spiro atoms. The van der Waals surface area contributed by atoms with Gasteiger partial charge in [0.1, 0.15) is 0 Å². The molecule has 0 aliphatic rings. The summed E-state index contributed by atoms with van der Waals surface area (Å²) in [5, 5.41) is 0. The fourth-order valence-corrected chi connectivity index (χ4v) is 3.68. The first kappa shape index (κ1) is 21.9. The summed E-state index contributed by atoms with van der Waals surface area (Å²) in [7, 11) is 9.49. The molecule has 0 atom stereocenters. The Labute approximate surface area is 146 Å². The Morgan fingerprint density at radius 2 is 1.48 bits per heavy atom. The molecule has 0 rings (SSSR count). The van der Waals surface area contributed by atoms with Crippen molar-refractivity contribution >= 4 is 39.5 Å². The molecule has 0 radical (unpaired) electrons. The Balaban J connectivity index is 3.82. The Morgan fingerprint density at radius 3 is 2.00 bits per heavy atom. The third-order valence-electron chi connectivity index (χ3n) is 3.10. The van der Waals surface area contributed by atoms with Gasteiger partial charge in [-0.25, -0.2) is 4.79 Å². The average Bonchev–Trinajstić information content (AvgIpc) is 2.56. The molecule has 0 fully saturated rings. The van der Waals surface area contributed by atoms with Gasteiger partial charge in [0.2, 0.25) is 11.8 Å². The monoisotopic (exact) mass is 365 g/mol. The molecule has 134 valence electrons. The van der Waals surface area contributed by atoms with Gasteiger partial charge in [-0.2, -0.15) is 0 Å². The van der Waals surface area contributed by atoms with Crippen LogP contribution in [0.4, 0.5) is 4.79 Å². The van der Waals surface area contributed by atoms with E-state index in [1.165, 1.54) is 33.6 Å². The van der Waals surface area contributed by atoms with Crippen LogP contribution in [-0.4, -0.2) is 79.2 Å². The predicted octanol–water partition coefficient (Wildman–Crippen LogP) is 2.09. The second-order valence-corrected chi connectivity index (χ2v) is 7.43. The van der Waals surface area contributed by atoms with E-state index in [0.29, 0.717) is 37.6 Å². The van der Waals surface area contributed by atoms with Gasteiger partial charge in [-0.1, -0.05) is 28.5 Å². The molecule has 0 bridgehead atoms. The highest BCUT2D eigenvalue weighted by molar-refractivity contribution is 8.76. The number of hydrogen-bond acceptors (Lipinski definition) is 6. The summed E-state index contributed by atoms with van der Waals surface area (Å²) in [6, 6.07) is 0. The maximum Gasteiger partial charge on any atom is 0.409 e. The third-order valence-corrected chi connectivity index (χ3v) is 5.38. The van der Waals surface area contributed by atoms with Crippen molar-refractivity contribution in [2.24, 2.45) is 0 Å². The van der Waals surface area contributed by atoms with Crippen molar-refractivity contribution in [3.8, 4) is 0 Å². The van der Waals surface area contributed by atoms with Crippen molar-refractivity contribution in [3.63, 3.8) is 0 Å². The van der Waals surface area contributed by atoms with E-state index in [-0.39, 0.29) is 17.9 Å². The summed E-state index contributed by atoms with van der Waals surface area (Å²) in [6.45, 7) is 2.42. The van der Waals surface area contributed by atoms with Gasteiger partial charge >= 0.3 is 6.09 Å². The van der Waals surface area contributed by atoms with E-state index in [2.05, 4.69) is 4.74 Å². The second-order valence-electron chi connectivity index (χ2n) is 5.03. The van der Waals surface area contributed by atoms with Crippen molar-refractivity contribution in [3.05, 3.63) is 0 Å². The Morgan fingerprint density at radius 1 is 0.913 bits per heavy atom. The van der Waals surface area contributed by atoms with Crippen molar-refractivity contribution in [1.29, 1.82) is 0 Å². The molecular weight excluding hydrogens is 338 g/mol. The van der Waals surface area contributed by atoms with Gasteiger partial charge in [0, 0.05) is 40.5 Å². The zero-order valence-electron chi connectivity index (χ0n) is 14.5. The number of carbonyl (C=O) groups excluding carboxylic acids is 3. The SMILES string of the molecule is CCC(=O)N(C)CCCC(=O)N(C)CSSCN(C)C(=O)OC. The van der Waals surface area contributed by atoms with E-state index in [1.54, 1.807) is 30.9 Å². The van der Waals surface area contributed by atoms with Gasteiger partial charge < -0.3 is 19.4 Å². The number of nitrogens with zero attached hydrogens (tertiary/aromatic N) is 3. The van der Waals surface area contributed by atoms with E-state index < -0.39 is 0 Å². The van der Waals surface area contributed by atoms with Crippen LogP contribution >= 0.6 is 21.6 Å². The summed E-state index contributed by atoms with van der Waals surface area (Å²) in [6.07, 6.45) is 1.19. The zero-order valence-corrected chi connectivity index (χ0v) is 16.2. The Bertz CT molecular complexity index is 396. The molecule has 23 heavy (non-hydrogen) atoms. The number of ether oxygens (including phenoxy) is 1. The van der Waals surface area contributed by atoms with Gasteiger partial charge in [0.25, 0.3) is 0 Å². The number of hydrogen-bond donors (Lipinski definition) is 0. The highest BCUT2D eigenvalue weighted by Crippen LogP contribution is 2.22. The minimum Gasteiger partial charge on any atom is -0.453 e. The number of carbonyl (C=O) groups is 3. The molecule has 0 saturated heterocycles. The molecule has 0 aromatic carbocycles. The first-order valence-electron chi connectivity index (χ1n) is 7.34. The minimum absolute atomic E-state index is 0.0526. The van der Waals surface area contributed by atoms with Crippen LogP contribution in [0.25, 0.3) is 0 Å². The molecule has 0 aromatic heterocycles. The molecule has 0 aromatic rings. The smallest absolute Gasteiger partial charge is 0.409 e. The molecule has 0 aliphatic heterocycles. The normalized spacial score (nSPS) is 10.1. The van der Waals surface area contributed by atoms with Crippen LogP contribution in [0.3, 0.4) is 0 Å². The summed E-state index contributed by atoms with van der Waals surface area (Å²) in [5.74, 6) is 1.18. The zero-order chi connectivity index (χ0) is 17.8. The lowest BCUT2D eigenvalue weighted by Gasteiger charge is -2.19. The average molecular weight is 366 g/mol. The van der Waals surface area contributed by atoms with E-state index >= 15 is 0 Å². The molecule has 0 aliphatic carbocycles. The molecule has 0 N–H and O–H groups in total. The summed E-state index contributed by atoms with van der Waals surface area (Å²) in [4.78, 5) is 39.3. The maximum absolute atomic E-state index is 12.0. The lowest BCUT2D eigenvalue weighted by atomic mass is 10.2. The van der Waals surface area contributed by atoms with Crippen molar-refractivity contribution in [2.45, 2.75) is 26.2 Å². The molecule has 9 heteroatoms. The van der Waals surface area contributed by atoms with E-state index in [1.807, 2.05) is 6.92 Å². The summed E-state index contributed by atoms with van der Waals surface area (Å²) in [5.41, 5.74) is 0. The molecule has 7 nitrogen and oxygen atoms in total. The topological polar surface area (TPSA) is 70.2 Å². The number of rotatable bonds is 10. The Kier molecular flexibility index (Phi) is 11.8. The van der Waals surface area contributed by atoms with E-state index in [4.69, 9.17) is 0 Å². The van der Waals surface area contributed by atoms with Gasteiger partial charge in [-0.15, -0.1) is 0 Å². The highest BCUT2D eigenvalue weighted by Gasteiger charge is 2.12. The van der Waals surface area contributed by atoms with Gasteiger partial charge in [-0.3, -0.25) is 9.59 Å². The molecule has 3 amide bonds. The van der Waals surface area contributed by atoms with Gasteiger partial charge in [0.05, 0.1) is 18.9 Å². The largest absolute Gasteiger partial charge is 0.453 e. The van der Waals surface area contributed by atoms with Crippen LogP contribution < -0.4 is 0 Å². The number of methoxy groups -OCH3 is 1. The first-order valence-corrected chi connectivity index (χ1v) is 9.83. The van der Waals surface area contributed by atoms with Gasteiger partial charge in [0.15, 0.2) is 0 Å². The fraction of sp³-hybridized carbons (Fsp3) is 0.786. The van der Waals surface area contributed by atoms with Crippen LogP contribution in [0.5, 0.6) is 0 Å². The highest BCUT2D eigenvalue weighted by atomic mass is 33.1. The van der Waals surface area contributed by atoms with Crippen molar-refractivity contribution in [2.75, 3.05) is 46.6 Å². The van der Waals surface area contributed by atoms with Crippen molar-refractivity contribution in [1.82, 2.24) is 14.7 Å². The number of amides is 3. The van der Waals surface area contributed by atoms with Crippen LogP contribution in [0.2, 0.25) is 0 Å². The third kappa shape index (κ3) is 9.60. The summed E-state index contributed by atoms with van der Waals surface area (Å²) >= 11 is 0. The van der Waals surface area contributed by atoms with Crippen LogP contribution in [0.15, 0.2) is 0 Å². The predicted molar refractivity (Wildman–Crippen MR) is 95.0 cm³/mol. The lowest BCUT2D eigenvalue weighted by Crippen LogP contribution is -2.30. The van der Waals surface area contributed by atoms with Crippen LogP contribution in [0.1, 0.15) is 26.2 Å². The maximum atomic E-state index is 12.0. The fourth-order valence-electron chi connectivity index (χ4n) is 1.57. The lowest BCUT2D eigenvalue weighted by molar-refractivity contribution is -0.131. The molecule has 0 saturated carbocycles. The standard InChI is InChI=1S/C14H27N3O4S2/c1-6-12(18)15(2)9-7-8-13(19)16(3)10-22-23-11-17(4)14(20)21-5/h6-11H2,1-5H3.